The molecular formula is C9H12N4O. The molecule has 0 radical (unpaired) electrons. The van der Waals surface area contributed by atoms with Gasteiger partial charge in [-0.1, -0.05) is 0 Å². The van der Waals surface area contributed by atoms with Gasteiger partial charge in [0.25, 0.3) is 0 Å². The SMILES string of the molecule is Cc1ccoc1-c1n[nH]c(C(C)N)n1. The van der Waals surface area contributed by atoms with E-state index in [0.717, 1.165) is 5.56 Å². The molecule has 0 aliphatic rings. The minimum Gasteiger partial charge on any atom is -0.461 e. The van der Waals surface area contributed by atoms with Crippen LogP contribution in [-0.2, 0) is 0 Å². The molecule has 2 rings (SSSR count). The zero-order valence-corrected chi connectivity index (χ0v) is 8.11. The number of aromatic nitrogens is 3. The van der Waals surface area contributed by atoms with Crippen LogP contribution in [0.5, 0.6) is 0 Å². The van der Waals surface area contributed by atoms with E-state index in [1.165, 1.54) is 0 Å². The normalized spacial score (nSPS) is 13.1. The lowest BCUT2D eigenvalue weighted by molar-refractivity contribution is 0.576. The number of aryl methyl sites for hydroxylation is 1. The van der Waals surface area contributed by atoms with Crippen molar-refractivity contribution in [2.24, 2.45) is 5.73 Å². The van der Waals surface area contributed by atoms with Gasteiger partial charge < -0.3 is 10.2 Å². The van der Waals surface area contributed by atoms with Gasteiger partial charge in [0, 0.05) is 0 Å². The first-order chi connectivity index (χ1) is 6.68. The molecule has 0 saturated carbocycles. The highest BCUT2D eigenvalue weighted by atomic mass is 16.3. The second kappa shape index (κ2) is 3.26. The van der Waals surface area contributed by atoms with E-state index < -0.39 is 0 Å². The molecule has 14 heavy (non-hydrogen) atoms. The molecule has 1 atom stereocenters. The molecule has 0 saturated heterocycles. The van der Waals surface area contributed by atoms with Gasteiger partial charge >= 0.3 is 0 Å². The summed E-state index contributed by atoms with van der Waals surface area (Å²) in [6.45, 7) is 3.79. The van der Waals surface area contributed by atoms with Gasteiger partial charge in [-0.15, -0.1) is 5.10 Å². The Morgan fingerprint density at radius 1 is 1.57 bits per heavy atom. The van der Waals surface area contributed by atoms with Crippen LogP contribution in [0, 0.1) is 6.92 Å². The van der Waals surface area contributed by atoms with Crippen LogP contribution in [-0.4, -0.2) is 15.2 Å². The predicted octanol–water partition coefficient (Wildman–Crippen LogP) is 1.39. The fraction of sp³-hybridized carbons (Fsp3) is 0.333. The van der Waals surface area contributed by atoms with E-state index in [9.17, 15) is 0 Å². The third-order valence-electron chi connectivity index (χ3n) is 2.00. The minimum absolute atomic E-state index is 0.147. The molecule has 0 bridgehead atoms. The van der Waals surface area contributed by atoms with Crippen molar-refractivity contribution >= 4 is 0 Å². The Hall–Kier alpha value is -1.62. The van der Waals surface area contributed by atoms with Crippen LogP contribution in [0.2, 0.25) is 0 Å². The maximum atomic E-state index is 5.65. The third-order valence-corrected chi connectivity index (χ3v) is 2.00. The van der Waals surface area contributed by atoms with E-state index in [-0.39, 0.29) is 6.04 Å². The number of hydrogen-bond acceptors (Lipinski definition) is 4. The van der Waals surface area contributed by atoms with Crippen molar-refractivity contribution in [1.82, 2.24) is 15.2 Å². The molecule has 0 aliphatic heterocycles. The number of H-pyrrole nitrogens is 1. The summed E-state index contributed by atoms with van der Waals surface area (Å²) >= 11 is 0. The zero-order chi connectivity index (χ0) is 10.1. The summed E-state index contributed by atoms with van der Waals surface area (Å²) in [5.41, 5.74) is 6.67. The number of nitrogens with one attached hydrogen (secondary N) is 1. The van der Waals surface area contributed by atoms with Crippen LogP contribution < -0.4 is 5.73 Å². The summed E-state index contributed by atoms with van der Waals surface area (Å²) in [4.78, 5) is 4.23. The Morgan fingerprint density at radius 2 is 2.36 bits per heavy atom. The van der Waals surface area contributed by atoms with E-state index in [1.807, 2.05) is 19.9 Å². The van der Waals surface area contributed by atoms with Gasteiger partial charge in [-0.25, -0.2) is 4.98 Å². The highest BCUT2D eigenvalue weighted by Gasteiger charge is 2.12. The van der Waals surface area contributed by atoms with Crippen LogP contribution in [0.3, 0.4) is 0 Å². The molecule has 2 aromatic heterocycles. The number of furan rings is 1. The first-order valence-corrected chi connectivity index (χ1v) is 4.41. The van der Waals surface area contributed by atoms with E-state index in [2.05, 4.69) is 15.2 Å². The van der Waals surface area contributed by atoms with Crippen molar-refractivity contribution in [1.29, 1.82) is 0 Å². The minimum atomic E-state index is -0.147. The van der Waals surface area contributed by atoms with Crippen molar-refractivity contribution in [3.05, 3.63) is 23.7 Å². The van der Waals surface area contributed by atoms with E-state index in [1.54, 1.807) is 6.26 Å². The summed E-state index contributed by atoms with van der Waals surface area (Å²) in [7, 11) is 0. The molecule has 74 valence electrons. The van der Waals surface area contributed by atoms with E-state index in [0.29, 0.717) is 17.4 Å². The average molecular weight is 192 g/mol. The summed E-state index contributed by atoms with van der Waals surface area (Å²) in [6, 6.07) is 1.73. The second-order valence-electron chi connectivity index (χ2n) is 3.27. The Balaban J connectivity index is 2.39. The Labute approximate surface area is 81.3 Å². The summed E-state index contributed by atoms with van der Waals surface area (Å²) in [6.07, 6.45) is 1.62. The summed E-state index contributed by atoms with van der Waals surface area (Å²) in [5.74, 6) is 1.91. The van der Waals surface area contributed by atoms with Crippen LogP contribution >= 0.6 is 0 Å². The maximum absolute atomic E-state index is 5.65. The lowest BCUT2D eigenvalue weighted by Crippen LogP contribution is -2.06. The number of aromatic amines is 1. The number of rotatable bonds is 2. The average Bonchev–Trinajstić information content (AvgIpc) is 2.71. The van der Waals surface area contributed by atoms with Gasteiger partial charge in [0.2, 0.25) is 5.82 Å². The van der Waals surface area contributed by atoms with Crippen molar-refractivity contribution in [2.45, 2.75) is 19.9 Å². The van der Waals surface area contributed by atoms with Crippen molar-refractivity contribution < 1.29 is 4.42 Å². The number of nitrogens with zero attached hydrogens (tertiary/aromatic N) is 2. The van der Waals surface area contributed by atoms with Crippen LogP contribution in [0.4, 0.5) is 0 Å². The first kappa shape index (κ1) is 8.96. The Kier molecular flexibility index (Phi) is 2.09. The molecule has 3 N–H and O–H groups in total. The standard InChI is InChI=1S/C9H12N4O/c1-5-3-4-14-7(5)9-11-8(6(2)10)12-13-9/h3-4,6H,10H2,1-2H3,(H,11,12,13). The first-order valence-electron chi connectivity index (χ1n) is 4.41. The molecule has 0 spiro atoms. The molecule has 0 aliphatic carbocycles. The molecule has 0 amide bonds. The van der Waals surface area contributed by atoms with Gasteiger partial charge in [-0.2, -0.15) is 0 Å². The van der Waals surface area contributed by atoms with E-state index >= 15 is 0 Å². The lowest BCUT2D eigenvalue weighted by Gasteiger charge is -1.95. The molecule has 2 heterocycles. The third kappa shape index (κ3) is 1.42. The van der Waals surface area contributed by atoms with Gasteiger partial charge in [0.1, 0.15) is 5.82 Å². The molecule has 5 nitrogen and oxygen atoms in total. The quantitative estimate of drug-likeness (QED) is 0.753. The van der Waals surface area contributed by atoms with Gasteiger partial charge in [-0.05, 0) is 25.5 Å². The lowest BCUT2D eigenvalue weighted by atomic mass is 10.3. The molecule has 5 heteroatoms. The maximum Gasteiger partial charge on any atom is 0.217 e. The van der Waals surface area contributed by atoms with Gasteiger partial charge in [0.15, 0.2) is 5.76 Å². The number of nitrogens with two attached hydrogens (primary N) is 1. The second-order valence-corrected chi connectivity index (χ2v) is 3.27. The van der Waals surface area contributed by atoms with Crippen molar-refractivity contribution in [3.63, 3.8) is 0 Å². The fourth-order valence-corrected chi connectivity index (χ4v) is 1.18. The molecule has 0 aromatic carbocycles. The topological polar surface area (TPSA) is 80.7 Å². The van der Waals surface area contributed by atoms with Crippen LogP contribution in [0.1, 0.15) is 24.4 Å². The fourth-order valence-electron chi connectivity index (χ4n) is 1.18. The predicted molar refractivity (Wildman–Crippen MR) is 51.4 cm³/mol. The highest BCUT2D eigenvalue weighted by molar-refractivity contribution is 5.51. The highest BCUT2D eigenvalue weighted by Crippen LogP contribution is 2.20. The summed E-state index contributed by atoms with van der Waals surface area (Å²) in [5, 5.41) is 6.81. The molecule has 0 fully saturated rings. The zero-order valence-electron chi connectivity index (χ0n) is 8.11. The molecule has 1 unspecified atom stereocenters. The van der Waals surface area contributed by atoms with Crippen LogP contribution in [0.25, 0.3) is 11.6 Å². The van der Waals surface area contributed by atoms with Crippen LogP contribution in [0.15, 0.2) is 16.7 Å². The van der Waals surface area contributed by atoms with Crippen molar-refractivity contribution in [2.75, 3.05) is 0 Å². The van der Waals surface area contributed by atoms with Gasteiger partial charge in [0.05, 0.1) is 12.3 Å². The molecule has 2 aromatic rings. The smallest absolute Gasteiger partial charge is 0.217 e. The van der Waals surface area contributed by atoms with E-state index in [4.69, 9.17) is 10.2 Å². The summed E-state index contributed by atoms with van der Waals surface area (Å²) < 4.78 is 5.26. The Bertz CT molecular complexity index is 429. The molecular weight excluding hydrogens is 180 g/mol. The largest absolute Gasteiger partial charge is 0.461 e. The van der Waals surface area contributed by atoms with Crippen molar-refractivity contribution in [3.8, 4) is 11.6 Å². The number of hydrogen-bond donors (Lipinski definition) is 2. The van der Waals surface area contributed by atoms with Gasteiger partial charge in [-0.3, -0.25) is 5.10 Å². The Morgan fingerprint density at radius 3 is 2.86 bits per heavy atom. The monoisotopic (exact) mass is 192 g/mol.